The van der Waals surface area contributed by atoms with Crippen molar-refractivity contribution >= 4 is 0 Å². The highest BCUT2D eigenvalue weighted by Gasteiger charge is 2.43. The van der Waals surface area contributed by atoms with Gasteiger partial charge in [0.15, 0.2) is 0 Å². The van der Waals surface area contributed by atoms with Gasteiger partial charge in [0, 0.05) is 11.8 Å². The highest BCUT2D eigenvalue weighted by molar-refractivity contribution is 5.37. The Morgan fingerprint density at radius 2 is 2.22 bits per heavy atom. The number of nitriles is 1. The average Bonchev–Trinajstić information content (AvgIpc) is 3.09. The Balaban J connectivity index is 2.03. The van der Waals surface area contributed by atoms with Crippen LogP contribution >= 0.6 is 0 Å². The van der Waals surface area contributed by atoms with Crippen LogP contribution in [0.25, 0.3) is 0 Å². The van der Waals surface area contributed by atoms with E-state index in [0.717, 1.165) is 25.0 Å². The maximum Gasteiger partial charge on any atom is 0.122 e. The van der Waals surface area contributed by atoms with Crippen LogP contribution < -0.4 is 10.5 Å². The summed E-state index contributed by atoms with van der Waals surface area (Å²) in [6.45, 7) is 3.35. The minimum absolute atomic E-state index is 0.125. The van der Waals surface area contributed by atoms with Crippen molar-refractivity contribution < 1.29 is 4.74 Å². The first-order chi connectivity index (χ1) is 8.69. The van der Waals surface area contributed by atoms with Crippen molar-refractivity contribution in [3.63, 3.8) is 0 Å². The molecule has 0 unspecified atom stereocenters. The Hall–Kier alpha value is -1.53. The van der Waals surface area contributed by atoms with Crippen LogP contribution in [0.5, 0.6) is 5.75 Å². The molecular formula is C15H20N2O. The van der Waals surface area contributed by atoms with Gasteiger partial charge in [-0.15, -0.1) is 0 Å². The third-order valence-electron chi connectivity index (χ3n) is 3.57. The zero-order valence-electron chi connectivity index (χ0n) is 10.9. The van der Waals surface area contributed by atoms with Crippen molar-refractivity contribution in [1.29, 1.82) is 5.26 Å². The van der Waals surface area contributed by atoms with Crippen LogP contribution in [0.4, 0.5) is 0 Å². The van der Waals surface area contributed by atoms with Gasteiger partial charge in [0.25, 0.3) is 0 Å². The minimum Gasteiger partial charge on any atom is -0.493 e. The zero-order chi connectivity index (χ0) is 13.0. The lowest BCUT2D eigenvalue weighted by Crippen LogP contribution is -2.14. The molecule has 0 amide bonds. The Labute approximate surface area is 109 Å². The second-order valence-electron chi connectivity index (χ2n) is 5.27. The van der Waals surface area contributed by atoms with Crippen LogP contribution in [-0.4, -0.2) is 13.2 Å². The largest absolute Gasteiger partial charge is 0.493 e. The molecule has 1 aliphatic rings. The van der Waals surface area contributed by atoms with Crippen LogP contribution in [0.15, 0.2) is 18.2 Å². The third-order valence-corrected chi connectivity index (χ3v) is 3.57. The number of ether oxygens (including phenoxy) is 1. The van der Waals surface area contributed by atoms with Gasteiger partial charge in [0.05, 0.1) is 12.7 Å². The van der Waals surface area contributed by atoms with Gasteiger partial charge in [-0.1, -0.05) is 17.7 Å². The second kappa shape index (κ2) is 5.41. The summed E-state index contributed by atoms with van der Waals surface area (Å²) in [4.78, 5) is 0. The van der Waals surface area contributed by atoms with E-state index < -0.39 is 0 Å². The number of hydrogen-bond acceptors (Lipinski definition) is 3. The molecule has 3 nitrogen and oxygen atoms in total. The highest BCUT2D eigenvalue weighted by atomic mass is 16.5. The summed E-state index contributed by atoms with van der Waals surface area (Å²) in [6, 6.07) is 8.46. The second-order valence-corrected chi connectivity index (χ2v) is 5.27. The molecule has 0 saturated heterocycles. The van der Waals surface area contributed by atoms with Crippen LogP contribution in [0.3, 0.4) is 0 Å². The van der Waals surface area contributed by atoms with Crippen LogP contribution in [0.1, 0.15) is 30.4 Å². The van der Waals surface area contributed by atoms with Gasteiger partial charge in [-0.2, -0.15) is 5.26 Å². The lowest BCUT2D eigenvalue weighted by Gasteiger charge is -2.16. The molecule has 1 aromatic carbocycles. The van der Waals surface area contributed by atoms with Crippen molar-refractivity contribution in [2.45, 2.75) is 32.6 Å². The van der Waals surface area contributed by atoms with Gasteiger partial charge in [-0.25, -0.2) is 0 Å². The zero-order valence-corrected chi connectivity index (χ0v) is 10.9. The molecule has 1 fully saturated rings. The number of aryl methyl sites for hydroxylation is 1. The summed E-state index contributed by atoms with van der Waals surface area (Å²) >= 11 is 0. The van der Waals surface area contributed by atoms with E-state index in [1.165, 1.54) is 11.1 Å². The molecule has 0 spiro atoms. The summed E-state index contributed by atoms with van der Waals surface area (Å²) in [5.74, 6) is 0.926. The first-order valence-corrected chi connectivity index (χ1v) is 6.48. The molecule has 1 aliphatic carbocycles. The molecule has 3 heteroatoms. The molecule has 0 bridgehead atoms. The Morgan fingerprint density at radius 3 is 2.83 bits per heavy atom. The molecule has 18 heavy (non-hydrogen) atoms. The van der Waals surface area contributed by atoms with E-state index in [1.807, 2.05) is 6.07 Å². The fourth-order valence-corrected chi connectivity index (χ4v) is 2.15. The maximum absolute atomic E-state index is 8.79. The van der Waals surface area contributed by atoms with E-state index in [0.29, 0.717) is 19.6 Å². The molecule has 0 heterocycles. The van der Waals surface area contributed by atoms with Gasteiger partial charge in [0.1, 0.15) is 5.75 Å². The Kier molecular flexibility index (Phi) is 3.88. The fourth-order valence-electron chi connectivity index (χ4n) is 2.15. The van der Waals surface area contributed by atoms with Gasteiger partial charge in [-0.3, -0.25) is 0 Å². The van der Waals surface area contributed by atoms with Gasteiger partial charge in [-0.05, 0) is 44.4 Å². The number of nitrogens with zero attached hydrogens (tertiary/aromatic N) is 1. The third kappa shape index (κ3) is 3.02. The smallest absolute Gasteiger partial charge is 0.122 e. The van der Waals surface area contributed by atoms with Crippen LogP contribution in [0.2, 0.25) is 0 Å². The predicted molar refractivity (Wildman–Crippen MR) is 71.3 cm³/mol. The Bertz CT molecular complexity index is 458. The molecule has 0 aromatic heterocycles. The molecule has 0 atom stereocenters. The van der Waals surface area contributed by atoms with Crippen molar-refractivity contribution in [3.8, 4) is 11.8 Å². The molecule has 2 N–H and O–H groups in total. The van der Waals surface area contributed by atoms with Crippen LogP contribution in [0, 0.1) is 23.7 Å². The molecular weight excluding hydrogens is 224 g/mol. The normalized spacial score (nSPS) is 16.1. The summed E-state index contributed by atoms with van der Waals surface area (Å²) in [5.41, 5.74) is 8.14. The molecule has 2 rings (SSSR count). The van der Waals surface area contributed by atoms with Crippen LogP contribution in [-0.2, 0) is 6.42 Å². The summed E-state index contributed by atoms with van der Waals surface area (Å²) in [7, 11) is 0. The van der Waals surface area contributed by atoms with Crippen molar-refractivity contribution in [1.82, 2.24) is 0 Å². The lowest BCUT2D eigenvalue weighted by molar-refractivity contribution is 0.235. The van der Waals surface area contributed by atoms with E-state index in [2.05, 4.69) is 25.1 Å². The van der Waals surface area contributed by atoms with E-state index in [1.54, 1.807) is 0 Å². The molecule has 1 saturated carbocycles. The van der Waals surface area contributed by atoms with Gasteiger partial charge >= 0.3 is 0 Å². The lowest BCUT2D eigenvalue weighted by atomic mass is 10.0. The fraction of sp³-hybridized carbons (Fsp3) is 0.533. The summed E-state index contributed by atoms with van der Waals surface area (Å²) in [5, 5.41) is 8.79. The van der Waals surface area contributed by atoms with Crippen molar-refractivity contribution in [3.05, 3.63) is 29.3 Å². The molecule has 0 radical (unpaired) electrons. The van der Waals surface area contributed by atoms with E-state index in [-0.39, 0.29) is 5.41 Å². The first kappa shape index (κ1) is 12.9. The molecule has 1 aromatic rings. The quantitative estimate of drug-likeness (QED) is 0.836. The number of rotatable bonds is 6. The van der Waals surface area contributed by atoms with Gasteiger partial charge in [0.2, 0.25) is 0 Å². The molecule has 0 aliphatic heterocycles. The van der Waals surface area contributed by atoms with Crippen molar-refractivity contribution in [2.75, 3.05) is 13.2 Å². The van der Waals surface area contributed by atoms with E-state index in [4.69, 9.17) is 15.7 Å². The van der Waals surface area contributed by atoms with E-state index >= 15 is 0 Å². The predicted octanol–water partition coefficient (Wildman–Crippen LogP) is 2.57. The van der Waals surface area contributed by atoms with Gasteiger partial charge < -0.3 is 10.5 Å². The molecule has 96 valence electrons. The minimum atomic E-state index is 0.125. The standard InChI is InChI=1S/C15H20N2O/c1-12-2-3-14(13(10-12)4-8-16)18-11-15(5-6-15)7-9-17/h2-3,10H,4-8,11,16H2,1H3. The average molecular weight is 244 g/mol. The van der Waals surface area contributed by atoms with Crippen molar-refractivity contribution in [2.24, 2.45) is 11.1 Å². The highest BCUT2D eigenvalue weighted by Crippen LogP contribution is 2.48. The summed E-state index contributed by atoms with van der Waals surface area (Å²) < 4.78 is 5.92. The SMILES string of the molecule is Cc1ccc(OCC2(CC#N)CC2)c(CCN)c1. The maximum atomic E-state index is 8.79. The Morgan fingerprint density at radius 1 is 1.44 bits per heavy atom. The van der Waals surface area contributed by atoms with E-state index in [9.17, 15) is 0 Å². The topological polar surface area (TPSA) is 59.0 Å². The number of hydrogen-bond donors (Lipinski definition) is 1. The monoisotopic (exact) mass is 244 g/mol. The summed E-state index contributed by atoms with van der Waals surface area (Å²) in [6.07, 6.45) is 3.66. The first-order valence-electron chi connectivity index (χ1n) is 6.48. The number of nitrogens with two attached hydrogens (primary N) is 1. The number of benzene rings is 1.